The first-order valence-electron chi connectivity index (χ1n) is 8.40. The molecule has 24 heavy (non-hydrogen) atoms. The molecule has 0 radical (unpaired) electrons. The van der Waals surface area contributed by atoms with Gasteiger partial charge in [0.2, 0.25) is 0 Å². The molecule has 0 fully saturated rings. The van der Waals surface area contributed by atoms with Gasteiger partial charge in [0.05, 0.1) is 17.3 Å². The normalized spacial score (nSPS) is 12.9. The molecule has 2 N–H and O–H groups in total. The molecule has 2 aromatic rings. The maximum Gasteiger partial charge on any atom is 0.251 e. The SMILES string of the molecule is CC[C@H](NC(=O)c1cccc(CCC(C)(C)O)c1)c1ccnn1C. The number of aryl methyl sites for hydroxylation is 2. The predicted molar refractivity (Wildman–Crippen MR) is 94.8 cm³/mol. The zero-order valence-electron chi connectivity index (χ0n) is 14.9. The Hall–Kier alpha value is -2.14. The van der Waals surface area contributed by atoms with Crippen molar-refractivity contribution in [3.8, 4) is 0 Å². The van der Waals surface area contributed by atoms with Crippen LogP contribution in [0.1, 0.15) is 61.3 Å². The summed E-state index contributed by atoms with van der Waals surface area (Å²) in [5.74, 6) is -0.0897. The van der Waals surface area contributed by atoms with Gasteiger partial charge in [-0.05, 0) is 56.9 Å². The molecule has 1 heterocycles. The van der Waals surface area contributed by atoms with Crippen LogP contribution in [0.4, 0.5) is 0 Å². The third-order valence-electron chi connectivity index (χ3n) is 4.14. The van der Waals surface area contributed by atoms with Gasteiger partial charge in [-0.1, -0.05) is 19.1 Å². The fourth-order valence-electron chi connectivity index (χ4n) is 2.67. The average Bonchev–Trinajstić information content (AvgIpc) is 2.96. The van der Waals surface area contributed by atoms with Crippen LogP contribution >= 0.6 is 0 Å². The topological polar surface area (TPSA) is 67.2 Å². The van der Waals surface area contributed by atoms with Crippen molar-refractivity contribution < 1.29 is 9.90 Å². The molecule has 0 aliphatic carbocycles. The van der Waals surface area contributed by atoms with E-state index in [0.29, 0.717) is 12.0 Å². The van der Waals surface area contributed by atoms with Crippen LogP contribution < -0.4 is 5.32 Å². The number of aromatic nitrogens is 2. The third kappa shape index (κ3) is 4.93. The zero-order valence-corrected chi connectivity index (χ0v) is 14.9. The second-order valence-electron chi connectivity index (χ2n) is 6.83. The summed E-state index contributed by atoms with van der Waals surface area (Å²) in [6, 6.07) is 9.45. The Balaban J connectivity index is 2.08. The number of aliphatic hydroxyl groups is 1. The summed E-state index contributed by atoms with van der Waals surface area (Å²) in [5.41, 5.74) is 1.98. The molecule has 1 aromatic heterocycles. The van der Waals surface area contributed by atoms with Crippen LogP contribution in [-0.2, 0) is 13.5 Å². The van der Waals surface area contributed by atoms with Crippen molar-refractivity contribution in [3.63, 3.8) is 0 Å². The highest BCUT2D eigenvalue weighted by Gasteiger charge is 2.17. The summed E-state index contributed by atoms with van der Waals surface area (Å²) >= 11 is 0. The lowest BCUT2D eigenvalue weighted by Gasteiger charge is -2.18. The van der Waals surface area contributed by atoms with Crippen LogP contribution in [0.5, 0.6) is 0 Å². The van der Waals surface area contributed by atoms with E-state index in [4.69, 9.17) is 0 Å². The number of carbonyl (C=O) groups is 1. The lowest BCUT2D eigenvalue weighted by atomic mass is 9.97. The summed E-state index contributed by atoms with van der Waals surface area (Å²) in [6.45, 7) is 5.63. The quantitative estimate of drug-likeness (QED) is 0.820. The summed E-state index contributed by atoms with van der Waals surface area (Å²) in [6.07, 6.45) is 3.93. The van der Waals surface area contributed by atoms with Gasteiger partial charge < -0.3 is 10.4 Å². The van der Waals surface area contributed by atoms with E-state index in [-0.39, 0.29) is 11.9 Å². The molecule has 0 spiro atoms. The first-order chi connectivity index (χ1) is 11.3. The second-order valence-corrected chi connectivity index (χ2v) is 6.83. The average molecular weight is 329 g/mol. The van der Waals surface area contributed by atoms with E-state index in [0.717, 1.165) is 24.1 Å². The van der Waals surface area contributed by atoms with E-state index < -0.39 is 5.60 Å². The van der Waals surface area contributed by atoms with E-state index in [2.05, 4.69) is 10.4 Å². The van der Waals surface area contributed by atoms with Crippen LogP contribution in [0.15, 0.2) is 36.5 Å². The minimum Gasteiger partial charge on any atom is -0.390 e. The van der Waals surface area contributed by atoms with Crippen molar-refractivity contribution in [1.82, 2.24) is 15.1 Å². The highest BCUT2D eigenvalue weighted by atomic mass is 16.3. The number of hydrogen-bond acceptors (Lipinski definition) is 3. The third-order valence-corrected chi connectivity index (χ3v) is 4.14. The van der Waals surface area contributed by atoms with E-state index >= 15 is 0 Å². The maximum atomic E-state index is 12.6. The maximum absolute atomic E-state index is 12.6. The second kappa shape index (κ2) is 7.62. The predicted octanol–water partition coefficient (Wildman–Crippen LogP) is 3.00. The molecule has 5 heteroatoms. The Labute approximate surface area is 143 Å². The van der Waals surface area contributed by atoms with Crippen LogP contribution in [0.3, 0.4) is 0 Å². The van der Waals surface area contributed by atoms with Gasteiger partial charge in [0.15, 0.2) is 0 Å². The minimum atomic E-state index is -0.703. The number of benzene rings is 1. The van der Waals surface area contributed by atoms with Gasteiger partial charge in [0, 0.05) is 18.8 Å². The number of amides is 1. The molecule has 2 rings (SSSR count). The number of nitrogens with zero attached hydrogens (tertiary/aromatic N) is 2. The first-order valence-corrected chi connectivity index (χ1v) is 8.40. The molecular formula is C19H27N3O2. The van der Waals surface area contributed by atoms with Crippen molar-refractivity contribution >= 4 is 5.91 Å². The fourth-order valence-corrected chi connectivity index (χ4v) is 2.67. The first kappa shape index (κ1) is 18.2. The summed E-state index contributed by atoms with van der Waals surface area (Å²) in [4.78, 5) is 12.6. The van der Waals surface area contributed by atoms with Crippen LogP contribution in [0.25, 0.3) is 0 Å². The molecule has 0 bridgehead atoms. The molecular weight excluding hydrogens is 302 g/mol. The van der Waals surface area contributed by atoms with Gasteiger partial charge >= 0.3 is 0 Å². The van der Waals surface area contributed by atoms with Gasteiger partial charge in [-0.25, -0.2) is 0 Å². The molecule has 0 saturated heterocycles. The van der Waals surface area contributed by atoms with Gasteiger partial charge in [-0.3, -0.25) is 9.48 Å². The number of carbonyl (C=O) groups excluding carboxylic acids is 1. The smallest absolute Gasteiger partial charge is 0.251 e. The van der Waals surface area contributed by atoms with Gasteiger partial charge in [0.1, 0.15) is 0 Å². The van der Waals surface area contributed by atoms with Crippen LogP contribution in [0, 0.1) is 0 Å². The van der Waals surface area contributed by atoms with Crippen molar-refractivity contribution in [2.45, 2.75) is 51.7 Å². The Morgan fingerprint density at radius 2 is 2.12 bits per heavy atom. The molecule has 130 valence electrons. The summed E-state index contributed by atoms with van der Waals surface area (Å²) in [7, 11) is 1.88. The van der Waals surface area contributed by atoms with E-state index in [1.54, 1.807) is 24.7 Å². The Kier molecular flexibility index (Phi) is 5.78. The largest absolute Gasteiger partial charge is 0.390 e. The number of nitrogens with one attached hydrogen (secondary N) is 1. The van der Waals surface area contributed by atoms with Crippen LogP contribution in [-0.4, -0.2) is 26.4 Å². The van der Waals surface area contributed by atoms with E-state index in [1.165, 1.54) is 0 Å². The number of rotatable bonds is 7. The van der Waals surface area contributed by atoms with Crippen LogP contribution in [0.2, 0.25) is 0 Å². The minimum absolute atomic E-state index is 0.0648. The van der Waals surface area contributed by atoms with Crippen molar-refractivity contribution in [3.05, 3.63) is 53.3 Å². The molecule has 1 amide bonds. The van der Waals surface area contributed by atoms with Gasteiger partial charge in [-0.2, -0.15) is 5.10 Å². The molecule has 1 atom stereocenters. The lowest BCUT2D eigenvalue weighted by Crippen LogP contribution is -2.29. The standard InChI is InChI=1S/C19H27N3O2/c1-5-16(17-10-12-20-22(17)4)21-18(23)15-8-6-7-14(13-15)9-11-19(2,3)24/h6-8,10,12-13,16,24H,5,9,11H2,1-4H3,(H,21,23)/t16-/m0/s1. The Morgan fingerprint density at radius 3 is 2.71 bits per heavy atom. The summed E-state index contributed by atoms with van der Waals surface area (Å²) in [5, 5.41) is 17.1. The fraction of sp³-hybridized carbons (Fsp3) is 0.474. The molecule has 0 unspecified atom stereocenters. The highest BCUT2D eigenvalue weighted by Crippen LogP contribution is 2.18. The molecule has 5 nitrogen and oxygen atoms in total. The lowest BCUT2D eigenvalue weighted by molar-refractivity contribution is 0.0714. The van der Waals surface area contributed by atoms with Crippen molar-refractivity contribution in [1.29, 1.82) is 0 Å². The van der Waals surface area contributed by atoms with E-state index in [1.807, 2.05) is 44.3 Å². The Bertz CT molecular complexity index is 686. The number of hydrogen-bond donors (Lipinski definition) is 2. The van der Waals surface area contributed by atoms with Crippen molar-refractivity contribution in [2.24, 2.45) is 7.05 Å². The van der Waals surface area contributed by atoms with Gasteiger partial charge in [-0.15, -0.1) is 0 Å². The highest BCUT2D eigenvalue weighted by molar-refractivity contribution is 5.94. The van der Waals surface area contributed by atoms with Crippen molar-refractivity contribution in [2.75, 3.05) is 0 Å². The van der Waals surface area contributed by atoms with E-state index in [9.17, 15) is 9.90 Å². The molecule has 0 saturated carbocycles. The van der Waals surface area contributed by atoms with Gasteiger partial charge in [0.25, 0.3) is 5.91 Å². The molecule has 0 aliphatic rings. The zero-order chi connectivity index (χ0) is 17.7. The molecule has 1 aromatic carbocycles. The monoisotopic (exact) mass is 329 g/mol. The molecule has 0 aliphatic heterocycles. The summed E-state index contributed by atoms with van der Waals surface area (Å²) < 4.78 is 1.79. The Morgan fingerprint density at radius 1 is 1.38 bits per heavy atom.